The second-order valence-electron chi connectivity index (χ2n) is 5.02. The highest BCUT2D eigenvalue weighted by atomic mass is 32.2. The van der Waals surface area contributed by atoms with Gasteiger partial charge in [-0.15, -0.1) is 0 Å². The second-order valence-corrected chi connectivity index (χ2v) is 6.44. The fraction of sp³-hybridized carbons (Fsp3) is 0.0556. The van der Waals surface area contributed by atoms with E-state index in [-0.39, 0.29) is 16.3 Å². The average Bonchev–Trinajstić information content (AvgIpc) is 2.58. The number of benzene rings is 2. The number of rotatable bonds is 2. The van der Waals surface area contributed by atoms with Gasteiger partial charge in [0.05, 0.1) is 4.90 Å². The molecule has 0 atom stereocenters. The van der Waals surface area contributed by atoms with Crippen LogP contribution in [0.2, 0.25) is 0 Å². The molecule has 0 saturated heterocycles. The van der Waals surface area contributed by atoms with Crippen LogP contribution in [-0.2, 0) is 14.9 Å². The number of hydrogen-bond acceptors (Lipinski definition) is 4. The van der Waals surface area contributed by atoms with E-state index in [4.69, 9.17) is 4.55 Å². The molecule has 0 heterocycles. The molecule has 24 heavy (non-hydrogen) atoms. The molecule has 0 amide bonds. The molecule has 2 N–H and O–H groups in total. The molecule has 5 nitrogen and oxygen atoms in total. The largest absolute Gasteiger partial charge is 0.388 e. The number of nitrogens with one attached hydrogen (secondary N) is 1. The van der Waals surface area contributed by atoms with Crippen molar-refractivity contribution in [1.29, 1.82) is 0 Å². The van der Waals surface area contributed by atoms with E-state index in [1.807, 2.05) is 37.4 Å². The van der Waals surface area contributed by atoms with Gasteiger partial charge in [-0.1, -0.05) is 36.9 Å². The second kappa shape index (κ2) is 7.25. The Bertz CT molecular complexity index is 900. The lowest BCUT2D eigenvalue weighted by Gasteiger charge is -2.12. The van der Waals surface area contributed by atoms with Crippen LogP contribution in [0.1, 0.15) is 11.1 Å². The number of ketones is 1. The number of carbonyl (C=O) groups excluding carboxylic acids is 1. The SMILES string of the molecule is C=C1C(=O)C=Cc2ccc(S(=O)(=O)O)cc21.CNc1ccccc1. The Labute approximate surface area is 141 Å². The summed E-state index contributed by atoms with van der Waals surface area (Å²) < 4.78 is 30.7. The van der Waals surface area contributed by atoms with Crippen molar-refractivity contribution in [3.05, 3.63) is 72.3 Å². The third-order valence-electron chi connectivity index (χ3n) is 3.42. The van der Waals surface area contributed by atoms with Gasteiger partial charge >= 0.3 is 0 Å². The van der Waals surface area contributed by atoms with Crippen molar-refractivity contribution in [2.24, 2.45) is 0 Å². The summed E-state index contributed by atoms with van der Waals surface area (Å²) in [5.74, 6) is -0.264. The van der Waals surface area contributed by atoms with Crippen molar-refractivity contribution in [2.45, 2.75) is 4.90 Å². The molecule has 3 rings (SSSR count). The van der Waals surface area contributed by atoms with Gasteiger partial charge in [0.2, 0.25) is 0 Å². The summed E-state index contributed by atoms with van der Waals surface area (Å²) in [7, 11) is -2.34. The van der Waals surface area contributed by atoms with Gasteiger partial charge in [-0.25, -0.2) is 0 Å². The Morgan fingerprint density at radius 2 is 1.71 bits per heavy atom. The Balaban J connectivity index is 0.000000219. The summed E-state index contributed by atoms with van der Waals surface area (Å²) in [5.41, 5.74) is 2.52. The molecule has 0 saturated carbocycles. The van der Waals surface area contributed by atoms with Crippen molar-refractivity contribution in [2.75, 3.05) is 12.4 Å². The predicted octanol–water partition coefficient (Wildman–Crippen LogP) is 3.27. The molecule has 0 bridgehead atoms. The van der Waals surface area contributed by atoms with Gasteiger partial charge < -0.3 is 5.32 Å². The smallest absolute Gasteiger partial charge is 0.294 e. The molecule has 1 aliphatic rings. The Morgan fingerprint density at radius 3 is 2.25 bits per heavy atom. The van der Waals surface area contributed by atoms with Crippen LogP contribution in [0, 0.1) is 0 Å². The van der Waals surface area contributed by atoms with E-state index in [0.29, 0.717) is 11.1 Å². The quantitative estimate of drug-likeness (QED) is 0.646. The molecular weight excluding hydrogens is 326 g/mol. The lowest BCUT2D eigenvalue weighted by molar-refractivity contribution is -0.109. The van der Waals surface area contributed by atoms with Crippen molar-refractivity contribution >= 4 is 33.2 Å². The van der Waals surface area contributed by atoms with E-state index in [9.17, 15) is 13.2 Å². The van der Waals surface area contributed by atoms with Crippen molar-refractivity contribution in [3.8, 4) is 0 Å². The number of allylic oxidation sites excluding steroid dienone is 2. The molecule has 1 aliphatic carbocycles. The lowest BCUT2D eigenvalue weighted by Crippen LogP contribution is -2.06. The summed E-state index contributed by atoms with van der Waals surface area (Å²) in [6.07, 6.45) is 2.96. The van der Waals surface area contributed by atoms with Crippen LogP contribution < -0.4 is 5.32 Å². The van der Waals surface area contributed by atoms with E-state index >= 15 is 0 Å². The van der Waals surface area contributed by atoms with Gasteiger partial charge in [0.25, 0.3) is 10.1 Å². The molecule has 0 aromatic heterocycles. The average molecular weight is 343 g/mol. The summed E-state index contributed by atoms with van der Waals surface area (Å²) in [5, 5.41) is 3.03. The first-order chi connectivity index (χ1) is 11.3. The molecule has 6 heteroatoms. The molecule has 2 aromatic rings. The normalized spacial score (nSPS) is 12.9. The van der Waals surface area contributed by atoms with E-state index in [1.165, 1.54) is 24.3 Å². The van der Waals surface area contributed by atoms with Gasteiger partial charge in [0, 0.05) is 18.3 Å². The van der Waals surface area contributed by atoms with Gasteiger partial charge in [0.1, 0.15) is 0 Å². The summed E-state index contributed by atoms with van der Waals surface area (Å²) in [4.78, 5) is 11.1. The topological polar surface area (TPSA) is 83.5 Å². The van der Waals surface area contributed by atoms with E-state index in [0.717, 1.165) is 5.69 Å². The minimum Gasteiger partial charge on any atom is -0.388 e. The summed E-state index contributed by atoms with van der Waals surface area (Å²) in [6.45, 7) is 3.58. The van der Waals surface area contributed by atoms with Crippen molar-refractivity contribution in [3.63, 3.8) is 0 Å². The lowest BCUT2D eigenvalue weighted by atomic mass is 9.93. The monoisotopic (exact) mass is 343 g/mol. The fourth-order valence-electron chi connectivity index (χ4n) is 2.11. The molecule has 0 fully saturated rings. The predicted molar refractivity (Wildman–Crippen MR) is 95.3 cm³/mol. The number of carbonyl (C=O) groups is 1. The number of fused-ring (bicyclic) bond motifs is 1. The summed E-state index contributed by atoms with van der Waals surface area (Å²) in [6, 6.07) is 14.1. The van der Waals surface area contributed by atoms with Crippen LogP contribution >= 0.6 is 0 Å². The van der Waals surface area contributed by atoms with E-state index in [2.05, 4.69) is 11.9 Å². The first-order valence-corrected chi connectivity index (χ1v) is 8.53. The zero-order valence-electron chi connectivity index (χ0n) is 13.1. The van der Waals surface area contributed by atoms with Crippen LogP contribution in [-0.4, -0.2) is 25.8 Å². The Kier molecular flexibility index (Phi) is 5.33. The highest BCUT2D eigenvalue weighted by molar-refractivity contribution is 7.85. The highest BCUT2D eigenvalue weighted by Crippen LogP contribution is 2.27. The molecule has 2 aromatic carbocycles. The molecule has 0 spiro atoms. The van der Waals surface area contributed by atoms with Crippen LogP contribution in [0.15, 0.2) is 66.1 Å². The highest BCUT2D eigenvalue weighted by Gasteiger charge is 2.18. The summed E-state index contributed by atoms with van der Waals surface area (Å²) >= 11 is 0. The number of para-hydroxylation sites is 1. The third kappa shape index (κ3) is 4.18. The number of anilines is 1. The minimum absolute atomic E-state index is 0.225. The zero-order chi connectivity index (χ0) is 17.7. The Morgan fingerprint density at radius 1 is 1.04 bits per heavy atom. The first-order valence-electron chi connectivity index (χ1n) is 7.09. The van der Waals surface area contributed by atoms with E-state index in [1.54, 1.807) is 6.08 Å². The standard InChI is InChI=1S/C11H8O4S.C7H9N/c1-7-10-6-9(16(13,14)15)4-2-8(10)3-5-11(7)12;1-8-7-5-3-2-4-6-7/h2-6H,1H2,(H,13,14,15);2-6,8H,1H3. The van der Waals surface area contributed by atoms with Crippen LogP contribution in [0.5, 0.6) is 0 Å². The fourth-order valence-corrected chi connectivity index (χ4v) is 2.61. The minimum atomic E-state index is -4.25. The molecule has 0 aliphatic heterocycles. The Hall–Kier alpha value is -2.70. The molecule has 0 radical (unpaired) electrons. The zero-order valence-corrected chi connectivity index (χ0v) is 13.9. The maximum absolute atomic E-state index is 11.3. The third-order valence-corrected chi connectivity index (χ3v) is 4.27. The van der Waals surface area contributed by atoms with Gasteiger partial charge in [-0.3, -0.25) is 9.35 Å². The first kappa shape index (κ1) is 17.7. The van der Waals surface area contributed by atoms with Crippen LogP contribution in [0.3, 0.4) is 0 Å². The maximum atomic E-state index is 11.3. The molecule has 0 unspecified atom stereocenters. The van der Waals surface area contributed by atoms with Crippen molar-refractivity contribution < 1.29 is 17.8 Å². The van der Waals surface area contributed by atoms with Crippen LogP contribution in [0.25, 0.3) is 11.6 Å². The van der Waals surface area contributed by atoms with Gasteiger partial charge in [-0.2, -0.15) is 8.42 Å². The molecule has 124 valence electrons. The molecular formula is C18H17NO4S. The number of hydrogen-bond donors (Lipinski definition) is 2. The van der Waals surface area contributed by atoms with Crippen molar-refractivity contribution in [1.82, 2.24) is 0 Å². The van der Waals surface area contributed by atoms with Gasteiger partial charge in [0.15, 0.2) is 5.78 Å². The van der Waals surface area contributed by atoms with Crippen LogP contribution in [0.4, 0.5) is 5.69 Å². The van der Waals surface area contributed by atoms with E-state index < -0.39 is 10.1 Å². The van der Waals surface area contributed by atoms with Gasteiger partial charge in [-0.05, 0) is 41.5 Å². The maximum Gasteiger partial charge on any atom is 0.294 e.